The van der Waals surface area contributed by atoms with Crippen molar-refractivity contribution in [2.75, 3.05) is 19.1 Å². The summed E-state index contributed by atoms with van der Waals surface area (Å²) in [5, 5.41) is 11.5. The summed E-state index contributed by atoms with van der Waals surface area (Å²) in [6.07, 6.45) is 3.89. The molecular formula is C28H32N6O4. The highest BCUT2D eigenvalue weighted by atomic mass is 16.5. The summed E-state index contributed by atoms with van der Waals surface area (Å²) < 4.78 is 12.6. The summed E-state index contributed by atoms with van der Waals surface area (Å²) in [5.41, 5.74) is 1.89. The quantitative estimate of drug-likeness (QED) is 0.340. The Morgan fingerprint density at radius 1 is 1.05 bits per heavy atom. The minimum Gasteiger partial charge on any atom is -0.497 e. The van der Waals surface area contributed by atoms with Crippen molar-refractivity contribution >= 4 is 28.5 Å². The van der Waals surface area contributed by atoms with Crippen molar-refractivity contribution in [3.63, 3.8) is 0 Å². The molecule has 0 fully saturated rings. The Hall–Kier alpha value is -4.47. The number of hydrogen-bond acceptors (Lipinski definition) is 7. The molecule has 38 heavy (non-hydrogen) atoms. The van der Waals surface area contributed by atoms with E-state index in [-0.39, 0.29) is 18.4 Å². The van der Waals surface area contributed by atoms with Crippen LogP contribution in [-0.2, 0) is 16.1 Å². The SMILES string of the molecule is CCC(C)(C)NC(=O)C(c1ccncc1)N(C(=O)Cn1nnc2ccccc21)c1ccc(OC)cc1OC. The highest BCUT2D eigenvalue weighted by molar-refractivity contribution is 6.02. The number of rotatable bonds is 10. The third-order valence-electron chi connectivity index (χ3n) is 6.49. The number of benzene rings is 2. The highest BCUT2D eigenvalue weighted by Crippen LogP contribution is 2.38. The van der Waals surface area contributed by atoms with Crippen LogP contribution < -0.4 is 19.7 Å². The predicted octanol–water partition coefficient (Wildman–Crippen LogP) is 3.92. The fourth-order valence-corrected chi connectivity index (χ4v) is 4.09. The van der Waals surface area contributed by atoms with Crippen molar-refractivity contribution in [3.8, 4) is 11.5 Å². The Morgan fingerprint density at radius 2 is 1.79 bits per heavy atom. The number of fused-ring (bicyclic) bond motifs is 1. The molecular weight excluding hydrogens is 484 g/mol. The molecule has 0 aliphatic heterocycles. The molecule has 198 valence electrons. The summed E-state index contributed by atoms with van der Waals surface area (Å²) in [5.74, 6) is 0.216. The zero-order chi connectivity index (χ0) is 27.3. The molecule has 0 radical (unpaired) electrons. The number of para-hydroxylation sites is 1. The summed E-state index contributed by atoms with van der Waals surface area (Å²) in [6, 6.07) is 14.9. The molecule has 0 spiro atoms. The first-order valence-electron chi connectivity index (χ1n) is 12.3. The maximum absolute atomic E-state index is 14.2. The van der Waals surface area contributed by atoms with Gasteiger partial charge >= 0.3 is 0 Å². The maximum atomic E-state index is 14.2. The van der Waals surface area contributed by atoms with Gasteiger partial charge in [-0.3, -0.25) is 19.5 Å². The standard InChI is InChI=1S/C28H32N6O4/c1-6-28(2,3)30-27(36)26(19-13-15-29-16-14-19)34(23-12-11-20(37-4)17-24(23)38-5)25(35)18-33-22-10-8-7-9-21(22)31-32-33/h7-17,26H,6,18H2,1-5H3,(H,30,36). The van der Waals surface area contributed by atoms with Crippen LogP contribution in [-0.4, -0.2) is 51.6 Å². The largest absolute Gasteiger partial charge is 0.497 e. The zero-order valence-electron chi connectivity index (χ0n) is 22.2. The average molecular weight is 517 g/mol. The van der Waals surface area contributed by atoms with Gasteiger partial charge in [0, 0.05) is 24.0 Å². The van der Waals surface area contributed by atoms with Crippen LogP contribution in [0.4, 0.5) is 5.69 Å². The van der Waals surface area contributed by atoms with E-state index in [0.717, 1.165) is 0 Å². The normalized spacial score (nSPS) is 12.1. The molecule has 4 aromatic rings. The molecule has 2 heterocycles. The van der Waals surface area contributed by atoms with E-state index in [0.29, 0.717) is 40.2 Å². The highest BCUT2D eigenvalue weighted by Gasteiger charge is 2.36. The first-order chi connectivity index (χ1) is 18.3. The maximum Gasteiger partial charge on any atom is 0.249 e. The van der Waals surface area contributed by atoms with Crippen LogP contribution in [0.25, 0.3) is 11.0 Å². The Bertz CT molecular complexity index is 1420. The number of nitrogens with one attached hydrogen (secondary N) is 1. The van der Waals surface area contributed by atoms with Crippen molar-refractivity contribution in [2.24, 2.45) is 0 Å². The van der Waals surface area contributed by atoms with E-state index in [1.54, 1.807) is 49.8 Å². The molecule has 1 atom stereocenters. The number of anilines is 1. The van der Waals surface area contributed by atoms with Gasteiger partial charge in [-0.2, -0.15) is 0 Å². The van der Waals surface area contributed by atoms with Gasteiger partial charge < -0.3 is 14.8 Å². The second-order valence-corrected chi connectivity index (χ2v) is 9.45. The van der Waals surface area contributed by atoms with Crippen LogP contribution >= 0.6 is 0 Å². The van der Waals surface area contributed by atoms with E-state index in [1.165, 1.54) is 16.7 Å². The van der Waals surface area contributed by atoms with Gasteiger partial charge in [0.05, 0.1) is 25.4 Å². The van der Waals surface area contributed by atoms with Crippen LogP contribution in [0, 0.1) is 0 Å². The van der Waals surface area contributed by atoms with Crippen LogP contribution in [0.2, 0.25) is 0 Å². The molecule has 2 amide bonds. The van der Waals surface area contributed by atoms with Gasteiger partial charge in [-0.05, 0) is 62.2 Å². The lowest BCUT2D eigenvalue weighted by Gasteiger charge is -2.35. The number of aromatic nitrogens is 4. The minimum absolute atomic E-state index is 0.151. The Kier molecular flexibility index (Phi) is 7.90. The Balaban J connectivity index is 1.87. The first-order valence-corrected chi connectivity index (χ1v) is 12.3. The van der Waals surface area contributed by atoms with Crippen LogP contribution in [0.3, 0.4) is 0 Å². The number of methoxy groups -OCH3 is 2. The smallest absolute Gasteiger partial charge is 0.249 e. The minimum atomic E-state index is -1.02. The Labute approximate surface area is 221 Å². The van der Waals surface area contributed by atoms with E-state index < -0.39 is 11.6 Å². The molecule has 10 nitrogen and oxygen atoms in total. The molecule has 0 bridgehead atoms. The van der Waals surface area contributed by atoms with Gasteiger partial charge in [0.1, 0.15) is 29.6 Å². The predicted molar refractivity (Wildman–Crippen MR) is 144 cm³/mol. The Morgan fingerprint density at radius 3 is 2.47 bits per heavy atom. The average Bonchev–Trinajstić information content (AvgIpc) is 3.34. The van der Waals surface area contributed by atoms with Crippen molar-refractivity contribution < 1.29 is 19.1 Å². The molecule has 0 aliphatic carbocycles. The third kappa shape index (κ3) is 5.59. The monoisotopic (exact) mass is 516 g/mol. The summed E-state index contributed by atoms with van der Waals surface area (Å²) in [4.78, 5) is 33.7. The number of amides is 2. The van der Waals surface area contributed by atoms with Crippen LogP contribution in [0.1, 0.15) is 38.8 Å². The fraction of sp³-hybridized carbons (Fsp3) is 0.321. The molecule has 10 heteroatoms. The second kappa shape index (κ2) is 11.3. The van der Waals surface area contributed by atoms with Gasteiger partial charge in [-0.25, -0.2) is 4.68 Å². The molecule has 0 saturated heterocycles. The lowest BCUT2D eigenvalue weighted by molar-refractivity contribution is -0.128. The molecule has 0 aliphatic rings. The molecule has 2 aromatic carbocycles. The van der Waals surface area contributed by atoms with Gasteiger partial charge in [0.25, 0.3) is 0 Å². The van der Waals surface area contributed by atoms with Crippen LogP contribution in [0.15, 0.2) is 67.0 Å². The first kappa shape index (κ1) is 26.6. The summed E-state index contributed by atoms with van der Waals surface area (Å²) in [7, 11) is 3.06. The van der Waals surface area contributed by atoms with E-state index in [4.69, 9.17) is 9.47 Å². The molecule has 4 rings (SSSR count). The molecule has 1 unspecified atom stereocenters. The number of carbonyl (C=O) groups excluding carboxylic acids is 2. The van der Waals surface area contributed by atoms with Gasteiger partial charge in [0.15, 0.2) is 0 Å². The topological polar surface area (TPSA) is 111 Å². The van der Waals surface area contributed by atoms with Crippen LogP contribution in [0.5, 0.6) is 11.5 Å². The number of pyridine rings is 1. The number of hydrogen-bond donors (Lipinski definition) is 1. The summed E-state index contributed by atoms with van der Waals surface area (Å²) >= 11 is 0. The lowest BCUT2D eigenvalue weighted by atomic mass is 9.98. The van der Waals surface area contributed by atoms with E-state index >= 15 is 0 Å². The van der Waals surface area contributed by atoms with Gasteiger partial charge in [-0.1, -0.05) is 24.3 Å². The number of carbonyl (C=O) groups is 2. The molecule has 1 N–H and O–H groups in total. The van der Waals surface area contributed by atoms with Crippen molar-refractivity contribution in [3.05, 3.63) is 72.6 Å². The fourth-order valence-electron chi connectivity index (χ4n) is 4.09. The molecule has 2 aromatic heterocycles. The number of ether oxygens (including phenoxy) is 2. The van der Waals surface area contributed by atoms with E-state index in [2.05, 4.69) is 20.6 Å². The van der Waals surface area contributed by atoms with Crippen molar-refractivity contribution in [1.29, 1.82) is 0 Å². The van der Waals surface area contributed by atoms with Gasteiger partial charge in [-0.15, -0.1) is 5.10 Å². The summed E-state index contributed by atoms with van der Waals surface area (Å²) in [6.45, 7) is 5.72. The van der Waals surface area contributed by atoms with E-state index in [9.17, 15) is 9.59 Å². The van der Waals surface area contributed by atoms with Gasteiger partial charge in [0.2, 0.25) is 11.8 Å². The van der Waals surface area contributed by atoms with E-state index in [1.807, 2.05) is 45.0 Å². The zero-order valence-corrected chi connectivity index (χ0v) is 22.2. The lowest BCUT2D eigenvalue weighted by Crippen LogP contribution is -2.51. The second-order valence-electron chi connectivity index (χ2n) is 9.45. The third-order valence-corrected chi connectivity index (χ3v) is 6.49. The molecule has 0 saturated carbocycles. The van der Waals surface area contributed by atoms with Crippen molar-refractivity contribution in [1.82, 2.24) is 25.3 Å². The van der Waals surface area contributed by atoms with Crippen molar-refractivity contribution in [2.45, 2.75) is 45.3 Å². The number of nitrogens with zero attached hydrogens (tertiary/aromatic N) is 5.